The molecule has 0 bridgehead atoms. The highest BCUT2D eigenvalue weighted by Crippen LogP contribution is 2.23. The van der Waals surface area contributed by atoms with Crippen molar-refractivity contribution < 1.29 is 14.3 Å². The molecule has 2 aromatic heterocycles. The molecule has 1 aliphatic carbocycles. The van der Waals surface area contributed by atoms with E-state index in [-0.39, 0.29) is 11.9 Å². The monoisotopic (exact) mass is 344 g/mol. The Morgan fingerprint density at radius 3 is 2.71 bits per heavy atom. The Bertz CT molecular complexity index is 667. The van der Waals surface area contributed by atoms with Crippen LogP contribution in [-0.2, 0) is 9.53 Å². The van der Waals surface area contributed by atoms with Crippen molar-refractivity contribution in [1.82, 2.24) is 10.3 Å². The Balaban J connectivity index is 1.74. The SMILES string of the molecule is O=C(O[C@@H](C(=O)NC1CCCCC1)c1cccnc1)c1cccs1. The molecule has 0 spiro atoms. The summed E-state index contributed by atoms with van der Waals surface area (Å²) in [5.74, 6) is -0.766. The summed E-state index contributed by atoms with van der Waals surface area (Å²) in [5.41, 5.74) is 0.579. The lowest BCUT2D eigenvalue weighted by atomic mass is 9.95. The van der Waals surface area contributed by atoms with Gasteiger partial charge in [-0.2, -0.15) is 0 Å². The Hall–Kier alpha value is -2.21. The normalized spacial score (nSPS) is 16.3. The third kappa shape index (κ3) is 4.20. The topological polar surface area (TPSA) is 68.3 Å². The second-order valence-corrected chi connectivity index (χ2v) is 6.84. The molecule has 0 aliphatic heterocycles. The number of thiophene rings is 1. The molecule has 0 unspecified atom stereocenters. The van der Waals surface area contributed by atoms with Gasteiger partial charge in [0.05, 0.1) is 0 Å². The fourth-order valence-corrected chi connectivity index (χ4v) is 3.49. The van der Waals surface area contributed by atoms with Crippen LogP contribution >= 0.6 is 11.3 Å². The molecule has 1 N–H and O–H groups in total. The Morgan fingerprint density at radius 1 is 1.21 bits per heavy atom. The summed E-state index contributed by atoms with van der Waals surface area (Å²) in [4.78, 5) is 29.5. The van der Waals surface area contributed by atoms with E-state index in [1.807, 2.05) is 0 Å². The van der Waals surface area contributed by atoms with Gasteiger partial charge in [-0.1, -0.05) is 31.4 Å². The molecular weight excluding hydrogens is 324 g/mol. The smallest absolute Gasteiger partial charge is 0.349 e. The lowest BCUT2D eigenvalue weighted by molar-refractivity contribution is -0.131. The van der Waals surface area contributed by atoms with E-state index in [4.69, 9.17) is 4.74 Å². The van der Waals surface area contributed by atoms with Crippen LogP contribution in [-0.4, -0.2) is 22.9 Å². The first kappa shape index (κ1) is 16.6. The molecule has 0 radical (unpaired) electrons. The molecule has 24 heavy (non-hydrogen) atoms. The molecular formula is C18H20N2O3S. The third-order valence-electron chi connectivity index (χ3n) is 4.12. The van der Waals surface area contributed by atoms with Crippen molar-refractivity contribution in [3.63, 3.8) is 0 Å². The van der Waals surface area contributed by atoms with Crippen molar-refractivity contribution in [1.29, 1.82) is 0 Å². The van der Waals surface area contributed by atoms with Gasteiger partial charge in [0, 0.05) is 24.0 Å². The minimum absolute atomic E-state index is 0.158. The van der Waals surface area contributed by atoms with Gasteiger partial charge < -0.3 is 10.1 Å². The van der Waals surface area contributed by atoms with Crippen molar-refractivity contribution in [2.24, 2.45) is 0 Å². The van der Waals surface area contributed by atoms with Gasteiger partial charge in [0.25, 0.3) is 5.91 Å². The van der Waals surface area contributed by atoms with E-state index in [2.05, 4.69) is 10.3 Å². The highest BCUT2D eigenvalue weighted by molar-refractivity contribution is 7.11. The molecule has 1 fully saturated rings. The van der Waals surface area contributed by atoms with E-state index in [9.17, 15) is 9.59 Å². The van der Waals surface area contributed by atoms with Gasteiger partial charge in [0.2, 0.25) is 6.10 Å². The summed E-state index contributed by atoms with van der Waals surface area (Å²) in [6.45, 7) is 0. The summed E-state index contributed by atoms with van der Waals surface area (Å²) in [6, 6.07) is 7.11. The first-order valence-electron chi connectivity index (χ1n) is 8.19. The van der Waals surface area contributed by atoms with Crippen molar-refractivity contribution in [3.8, 4) is 0 Å². The molecule has 2 heterocycles. The molecule has 1 aliphatic rings. The van der Waals surface area contributed by atoms with Gasteiger partial charge in [0.1, 0.15) is 4.88 Å². The number of carbonyl (C=O) groups excluding carboxylic acids is 2. The molecule has 0 saturated heterocycles. The maximum Gasteiger partial charge on any atom is 0.349 e. The van der Waals surface area contributed by atoms with E-state index >= 15 is 0 Å². The minimum atomic E-state index is -0.977. The number of nitrogens with zero attached hydrogens (tertiary/aromatic N) is 1. The van der Waals surface area contributed by atoms with Crippen molar-refractivity contribution in [2.45, 2.75) is 44.2 Å². The minimum Gasteiger partial charge on any atom is -0.443 e. The summed E-state index contributed by atoms with van der Waals surface area (Å²) >= 11 is 1.29. The summed E-state index contributed by atoms with van der Waals surface area (Å²) in [5, 5.41) is 4.83. The first-order valence-corrected chi connectivity index (χ1v) is 9.07. The predicted molar refractivity (Wildman–Crippen MR) is 91.7 cm³/mol. The molecule has 126 valence electrons. The van der Waals surface area contributed by atoms with E-state index in [0.717, 1.165) is 25.7 Å². The van der Waals surface area contributed by atoms with Crippen LogP contribution in [0.4, 0.5) is 0 Å². The number of nitrogens with one attached hydrogen (secondary N) is 1. The number of aromatic nitrogens is 1. The standard InChI is InChI=1S/C18H20N2O3S/c21-17(20-14-7-2-1-3-8-14)16(13-6-4-10-19-12-13)23-18(22)15-9-5-11-24-15/h4-6,9-12,14,16H,1-3,7-8H2,(H,20,21)/t16-/m1/s1. The van der Waals surface area contributed by atoms with Gasteiger partial charge in [-0.05, 0) is 30.4 Å². The number of pyridine rings is 1. The molecule has 2 aromatic rings. The van der Waals surface area contributed by atoms with E-state index in [1.165, 1.54) is 17.8 Å². The van der Waals surface area contributed by atoms with Crippen molar-refractivity contribution in [3.05, 3.63) is 52.5 Å². The summed E-state index contributed by atoms with van der Waals surface area (Å²) < 4.78 is 5.50. The second kappa shape index (κ2) is 8.06. The Kier molecular flexibility index (Phi) is 5.59. The zero-order valence-electron chi connectivity index (χ0n) is 13.3. The average Bonchev–Trinajstić information content (AvgIpc) is 3.16. The lowest BCUT2D eigenvalue weighted by Crippen LogP contribution is -2.40. The number of esters is 1. The molecule has 3 rings (SSSR count). The maximum atomic E-state index is 12.7. The molecule has 0 aromatic carbocycles. The van der Waals surface area contributed by atoms with Crippen LogP contribution in [0.2, 0.25) is 0 Å². The van der Waals surface area contributed by atoms with E-state index < -0.39 is 12.1 Å². The maximum absolute atomic E-state index is 12.7. The fraction of sp³-hybridized carbons (Fsp3) is 0.389. The van der Waals surface area contributed by atoms with Crippen molar-refractivity contribution in [2.75, 3.05) is 0 Å². The number of amides is 1. The van der Waals surface area contributed by atoms with E-state index in [0.29, 0.717) is 10.4 Å². The third-order valence-corrected chi connectivity index (χ3v) is 4.97. The molecule has 1 amide bonds. The van der Waals surface area contributed by atoms with Gasteiger partial charge in [-0.15, -0.1) is 11.3 Å². The number of hydrogen-bond acceptors (Lipinski definition) is 5. The largest absolute Gasteiger partial charge is 0.443 e. The molecule has 1 atom stereocenters. The van der Waals surface area contributed by atoms with Crippen LogP contribution < -0.4 is 5.32 Å². The number of rotatable bonds is 5. The second-order valence-electron chi connectivity index (χ2n) is 5.89. The van der Waals surface area contributed by atoms with Crippen LogP contribution in [0.15, 0.2) is 42.0 Å². The van der Waals surface area contributed by atoms with Gasteiger partial charge in [-0.25, -0.2) is 4.79 Å². The number of carbonyl (C=O) groups is 2. The van der Waals surface area contributed by atoms with Crippen LogP contribution in [0.5, 0.6) is 0 Å². The first-order chi connectivity index (χ1) is 11.7. The van der Waals surface area contributed by atoms with Gasteiger partial charge >= 0.3 is 5.97 Å². The Labute approximate surface area is 145 Å². The quantitative estimate of drug-likeness (QED) is 0.843. The molecule has 1 saturated carbocycles. The van der Waals surface area contributed by atoms with Gasteiger partial charge in [-0.3, -0.25) is 9.78 Å². The Morgan fingerprint density at radius 2 is 2.04 bits per heavy atom. The summed E-state index contributed by atoms with van der Waals surface area (Å²) in [6.07, 6.45) is 7.62. The van der Waals surface area contributed by atoms with Crippen LogP contribution in [0, 0.1) is 0 Å². The highest BCUT2D eigenvalue weighted by atomic mass is 32.1. The van der Waals surface area contributed by atoms with Crippen LogP contribution in [0.1, 0.15) is 53.4 Å². The average molecular weight is 344 g/mol. The zero-order chi connectivity index (χ0) is 16.8. The molecule has 6 heteroatoms. The van der Waals surface area contributed by atoms with Gasteiger partial charge in [0.15, 0.2) is 0 Å². The van der Waals surface area contributed by atoms with Crippen LogP contribution in [0.3, 0.4) is 0 Å². The number of hydrogen-bond donors (Lipinski definition) is 1. The lowest BCUT2D eigenvalue weighted by Gasteiger charge is -2.25. The fourth-order valence-electron chi connectivity index (χ4n) is 2.89. The highest BCUT2D eigenvalue weighted by Gasteiger charge is 2.28. The van der Waals surface area contributed by atoms with Crippen molar-refractivity contribution >= 4 is 23.2 Å². The molecule has 5 nitrogen and oxygen atoms in total. The number of ether oxygens (including phenoxy) is 1. The zero-order valence-corrected chi connectivity index (χ0v) is 14.1. The predicted octanol–water partition coefficient (Wildman–Crippen LogP) is 3.49. The summed E-state index contributed by atoms with van der Waals surface area (Å²) in [7, 11) is 0. The van der Waals surface area contributed by atoms with Crippen LogP contribution in [0.25, 0.3) is 0 Å². The van der Waals surface area contributed by atoms with E-state index in [1.54, 1.807) is 42.0 Å².